The average molecular weight is 277 g/mol. The van der Waals surface area contributed by atoms with Crippen molar-refractivity contribution in [2.24, 2.45) is 5.92 Å². The van der Waals surface area contributed by atoms with Gasteiger partial charge < -0.3 is 5.11 Å². The van der Waals surface area contributed by atoms with Crippen LogP contribution >= 0.6 is 0 Å². The maximum absolute atomic E-state index is 11.8. The summed E-state index contributed by atoms with van der Waals surface area (Å²) in [7, 11) is -3.46. The summed E-state index contributed by atoms with van der Waals surface area (Å²) < 4.78 is 25.9. The molecule has 0 aromatic rings. The fraction of sp³-hybridized carbons (Fsp3) is 0.917. The van der Waals surface area contributed by atoms with Crippen molar-refractivity contribution < 1.29 is 18.3 Å². The number of carboxylic acids is 1. The van der Waals surface area contributed by atoms with Gasteiger partial charge >= 0.3 is 5.97 Å². The lowest BCUT2D eigenvalue weighted by atomic mass is 9.84. The largest absolute Gasteiger partial charge is 0.480 e. The summed E-state index contributed by atoms with van der Waals surface area (Å²) in [6, 6.07) is -0.976. The first-order valence-electron chi connectivity index (χ1n) is 6.67. The van der Waals surface area contributed by atoms with Gasteiger partial charge in [0, 0.05) is 0 Å². The maximum atomic E-state index is 11.8. The van der Waals surface area contributed by atoms with Gasteiger partial charge in [-0.2, -0.15) is 0 Å². The van der Waals surface area contributed by atoms with Crippen molar-refractivity contribution in [1.82, 2.24) is 4.72 Å². The summed E-state index contributed by atoms with van der Waals surface area (Å²) in [4.78, 5) is 11.0. The Hall–Kier alpha value is -0.620. The lowest BCUT2D eigenvalue weighted by Gasteiger charge is -2.25. The SMILES string of the molecule is CCCCC(NS(=O)(=O)CCC1CCC1)C(=O)O. The Balaban J connectivity index is 2.41. The van der Waals surface area contributed by atoms with E-state index in [0.717, 1.165) is 19.3 Å². The zero-order valence-electron chi connectivity index (χ0n) is 10.9. The summed E-state index contributed by atoms with van der Waals surface area (Å²) in [5, 5.41) is 8.97. The third kappa shape index (κ3) is 5.35. The summed E-state index contributed by atoms with van der Waals surface area (Å²) >= 11 is 0. The first kappa shape index (κ1) is 15.4. The Morgan fingerprint density at radius 1 is 1.44 bits per heavy atom. The second-order valence-electron chi connectivity index (χ2n) is 5.06. The Bertz CT molecular complexity index is 362. The molecule has 0 saturated heterocycles. The van der Waals surface area contributed by atoms with Crippen LogP contribution < -0.4 is 4.72 Å². The molecule has 5 nitrogen and oxygen atoms in total. The summed E-state index contributed by atoms with van der Waals surface area (Å²) in [5.74, 6) is -0.524. The zero-order chi connectivity index (χ0) is 13.6. The molecule has 0 radical (unpaired) electrons. The molecule has 1 aliphatic rings. The number of nitrogens with one attached hydrogen (secondary N) is 1. The lowest BCUT2D eigenvalue weighted by Crippen LogP contribution is -2.42. The molecule has 6 heteroatoms. The Morgan fingerprint density at radius 2 is 2.11 bits per heavy atom. The molecule has 1 atom stereocenters. The molecule has 0 amide bonds. The Morgan fingerprint density at radius 3 is 2.56 bits per heavy atom. The summed E-state index contributed by atoms with van der Waals surface area (Å²) in [6.07, 6.45) is 5.97. The minimum atomic E-state index is -3.46. The van der Waals surface area contributed by atoms with Gasteiger partial charge in [0.05, 0.1) is 5.75 Å². The third-order valence-electron chi connectivity index (χ3n) is 3.49. The van der Waals surface area contributed by atoms with E-state index in [1.165, 1.54) is 6.42 Å². The molecule has 0 aliphatic heterocycles. The van der Waals surface area contributed by atoms with Crippen LogP contribution in [0.25, 0.3) is 0 Å². The van der Waals surface area contributed by atoms with Gasteiger partial charge in [-0.3, -0.25) is 4.79 Å². The number of aliphatic carboxylic acids is 1. The van der Waals surface area contributed by atoms with Gasteiger partial charge in [0.25, 0.3) is 0 Å². The summed E-state index contributed by atoms with van der Waals surface area (Å²) in [5.41, 5.74) is 0. The van der Waals surface area contributed by atoms with Crippen molar-refractivity contribution in [2.45, 2.75) is 57.9 Å². The second kappa shape index (κ2) is 7.09. The first-order chi connectivity index (χ1) is 8.44. The monoisotopic (exact) mass is 277 g/mol. The molecule has 0 aromatic carbocycles. The second-order valence-corrected chi connectivity index (χ2v) is 6.93. The molecular weight excluding hydrogens is 254 g/mol. The molecule has 1 aliphatic carbocycles. The first-order valence-corrected chi connectivity index (χ1v) is 8.32. The minimum absolute atomic E-state index is 0.0492. The van der Waals surface area contributed by atoms with Crippen LogP contribution in [-0.4, -0.2) is 31.3 Å². The number of sulfonamides is 1. The number of rotatable bonds is 9. The van der Waals surface area contributed by atoms with E-state index in [4.69, 9.17) is 5.11 Å². The van der Waals surface area contributed by atoms with Gasteiger partial charge in [0.2, 0.25) is 10.0 Å². The highest BCUT2D eigenvalue weighted by atomic mass is 32.2. The van der Waals surface area contributed by atoms with Gasteiger partial charge in [-0.1, -0.05) is 39.0 Å². The van der Waals surface area contributed by atoms with Crippen LogP contribution in [0.1, 0.15) is 51.9 Å². The van der Waals surface area contributed by atoms with Gasteiger partial charge in [-0.25, -0.2) is 13.1 Å². The molecule has 1 fully saturated rings. The Kier molecular flexibility index (Phi) is 6.08. The zero-order valence-corrected chi connectivity index (χ0v) is 11.7. The van der Waals surface area contributed by atoms with Gasteiger partial charge in [0.1, 0.15) is 6.04 Å². The van der Waals surface area contributed by atoms with E-state index in [1.807, 2.05) is 6.92 Å². The van der Waals surface area contributed by atoms with Crippen molar-refractivity contribution in [1.29, 1.82) is 0 Å². The van der Waals surface area contributed by atoms with Crippen LogP contribution in [0.4, 0.5) is 0 Å². The Labute approximate surface area is 109 Å². The highest BCUT2D eigenvalue weighted by Crippen LogP contribution is 2.29. The van der Waals surface area contributed by atoms with Crippen LogP contribution in [-0.2, 0) is 14.8 Å². The normalized spacial score (nSPS) is 18.3. The van der Waals surface area contributed by atoms with E-state index in [9.17, 15) is 13.2 Å². The number of carboxylic acid groups (broad SMARTS) is 1. The van der Waals surface area contributed by atoms with E-state index in [-0.39, 0.29) is 5.75 Å². The van der Waals surface area contributed by atoms with Crippen molar-refractivity contribution in [3.63, 3.8) is 0 Å². The summed E-state index contributed by atoms with van der Waals surface area (Å²) in [6.45, 7) is 1.95. The predicted octanol–water partition coefficient (Wildman–Crippen LogP) is 1.74. The van der Waals surface area contributed by atoms with Crippen molar-refractivity contribution in [3.05, 3.63) is 0 Å². The molecule has 18 heavy (non-hydrogen) atoms. The molecule has 0 aromatic heterocycles. The van der Waals surface area contributed by atoms with Crippen LogP contribution in [0.3, 0.4) is 0 Å². The lowest BCUT2D eigenvalue weighted by molar-refractivity contribution is -0.139. The highest BCUT2D eigenvalue weighted by Gasteiger charge is 2.25. The molecule has 0 spiro atoms. The molecular formula is C12H23NO4S. The van der Waals surface area contributed by atoms with Crippen LogP contribution in [0, 0.1) is 5.92 Å². The standard InChI is InChI=1S/C12H23NO4S/c1-2-3-7-11(12(14)15)13-18(16,17)9-8-10-5-4-6-10/h10-11,13H,2-9H2,1H3,(H,14,15). The fourth-order valence-corrected chi connectivity index (χ4v) is 3.43. The van der Waals surface area contributed by atoms with Crippen molar-refractivity contribution >= 4 is 16.0 Å². The van der Waals surface area contributed by atoms with Crippen LogP contribution in [0.15, 0.2) is 0 Å². The predicted molar refractivity (Wildman–Crippen MR) is 69.8 cm³/mol. The number of hydrogen-bond donors (Lipinski definition) is 2. The smallest absolute Gasteiger partial charge is 0.321 e. The molecule has 1 saturated carbocycles. The van der Waals surface area contributed by atoms with Crippen LogP contribution in [0.2, 0.25) is 0 Å². The molecule has 0 heterocycles. The van der Waals surface area contributed by atoms with Gasteiger partial charge in [-0.05, 0) is 18.8 Å². The minimum Gasteiger partial charge on any atom is -0.480 e. The van der Waals surface area contributed by atoms with Crippen molar-refractivity contribution in [2.75, 3.05) is 5.75 Å². The van der Waals surface area contributed by atoms with E-state index >= 15 is 0 Å². The van der Waals surface area contributed by atoms with E-state index in [0.29, 0.717) is 25.2 Å². The fourth-order valence-electron chi connectivity index (χ4n) is 2.02. The van der Waals surface area contributed by atoms with E-state index in [1.54, 1.807) is 0 Å². The maximum Gasteiger partial charge on any atom is 0.321 e. The van der Waals surface area contributed by atoms with Gasteiger partial charge in [-0.15, -0.1) is 0 Å². The third-order valence-corrected chi connectivity index (χ3v) is 4.90. The molecule has 2 N–H and O–H groups in total. The topological polar surface area (TPSA) is 83.5 Å². The molecule has 0 bridgehead atoms. The van der Waals surface area contributed by atoms with E-state index < -0.39 is 22.0 Å². The van der Waals surface area contributed by atoms with Crippen LogP contribution in [0.5, 0.6) is 0 Å². The number of hydrogen-bond acceptors (Lipinski definition) is 3. The quantitative estimate of drug-likeness (QED) is 0.672. The average Bonchev–Trinajstić information content (AvgIpc) is 2.21. The number of unbranched alkanes of at least 4 members (excludes halogenated alkanes) is 1. The molecule has 106 valence electrons. The molecule has 1 unspecified atom stereocenters. The molecule has 1 rings (SSSR count). The highest BCUT2D eigenvalue weighted by molar-refractivity contribution is 7.89. The number of carbonyl (C=O) groups is 1. The van der Waals surface area contributed by atoms with Crippen molar-refractivity contribution in [3.8, 4) is 0 Å². The van der Waals surface area contributed by atoms with E-state index in [2.05, 4.69) is 4.72 Å². The van der Waals surface area contributed by atoms with Gasteiger partial charge in [0.15, 0.2) is 0 Å².